The van der Waals surface area contributed by atoms with E-state index in [9.17, 15) is 52.0 Å². The monoisotopic (exact) mass is 672 g/mol. The lowest BCUT2D eigenvalue weighted by molar-refractivity contribution is -0.353. The molecule has 3 saturated heterocycles. The van der Waals surface area contributed by atoms with Crippen LogP contribution in [-0.4, -0.2) is 164 Å². The van der Waals surface area contributed by atoms with Crippen LogP contribution in [0.3, 0.4) is 0 Å². The lowest BCUT2D eigenvalue weighted by Crippen LogP contribution is -2.65. The molecule has 0 spiro atoms. The average molecular weight is 673 g/mol. The normalized spacial score (nSPS) is 42.5. The number of aldehydes is 1. The summed E-state index contributed by atoms with van der Waals surface area (Å²) in [6.07, 6.45) is -22.7. The number of carboxylic acids is 1. The predicted octanol–water partition coefficient (Wildman–Crippen LogP) is -5.01. The van der Waals surface area contributed by atoms with Gasteiger partial charge in [0.05, 0.1) is 19.3 Å². The van der Waals surface area contributed by atoms with Crippen molar-refractivity contribution in [2.45, 2.75) is 86.6 Å². The first kappa shape index (κ1) is 36.0. The Balaban J connectivity index is 1.79. The third kappa shape index (κ3) is 8.81. The molecule has 250 valence electrons. The summed E-state index contributed by atoms with van der Waals surface area (Å²) in [5, 5.41) is 52.4. The van der Waals surface area contributed by atoms with Crippen LogP contribution in [0.2, 0.25) is 0 Å². The maximum absolute atomic E-state index is 12.1. The van der Waals surface area contributed by atoms with Gasteiger partial charge in [-0.1, -0.05) is 6.92 Å². The van der Waals surface area contributed by atoms with E-state index in [0.29, 0.717) is 0 Å². The van der Waals surface area contributed by atoms with Gasteiger partial charge in [-0.2, -0.15) is 16.8 Å². The standard InChI is InChI=1S/C20H32O21S2/c1-6-10(22)14(34-2)8(4-35-42(28,29)30)38-19(6)40-16-12(24)13(25)20(41-17(16)18(26)27)39-15-9(5-36-43(31,32)33)37-7(3-21)11(15)23/h3,6-17,19-20,22-25H,4-5H2,1-2H3,(H,26,27)(H,28,29,30)(H,31,32,33)/t6?,7-,8?,9+,10+,11+,12+,13?,14-,15?,16+,17?,19-,20+/m0/s1. The van der Waals surface area contributed by atoms with Gasteiger partial charge in [-0.05, 0) is 0 Å². The maximum atomic E-state index is 12.1. The number of aliphatic hydroxyl groups is 4. The summed E-state index contributed by atoms with van der Waals surface area (Å²) in [7, 11) is -8.80. The van der Waals surface area contributed by atoms with Gasteiger partial charge in [0.1, 0.15) is 54.9 Å². The van der Waals surface area contributed by atoms with E-state index in [4.69, 9.17) is 37.5 Å². The molecule has 23 heteroatoms. The molecular weight excluding hydrogens is 640 g/mol. The molecule has 3 rings (SSSR count). The Kier molecular flexibility index (Phi) is 11.9. The molecule has 0 aromatic heterocycles. The van der Waals surface area contributed by atoms with E-state index < -0.39 is 126 Å². The van der Waals surface area contributed by atoms with Crippen LogP contribution >= 0.6 is 0 Å². The van der Waals surface area contributed by atoms with Crippen LogP contribution < -0.4 is 0 Å². The molecule has 0 aromatic carbocycles. The molecule has 0 radical (unpaired) electrons. The van der Waals surface area contributed by atoms with E-state index in [-0.39, 0.29) is 6.29 Å². The van der Waals surface area contributed by atoms with Crippen molar-refractivity contribution < 1.29 is 97.9 Å². The third-order valence-corrected chi connectivity index (χ3v) is 7.76. The SMILES string of the molecule is CO[C@H]1C(COS(=O)(=O)O)O[C@@H](O[C@H]2C(C(=O)O)O[C@@H](OC3[C@@H](COS(=O)(=O)O)O[C@@H](C=O)[C@H]3O)C(O)[C@H]2O)C(C)[C@H]1O. The Bertz CT molecular complexity index is 1180. The van der Waals surface area contributed by atoms with Gasteiger partial charge in [0.25, 0.3) is 0 Å². The Morgan fingerprint density at radius 2 is 1.30 bits per heavy atom. The van der Waals surface area contributed by atoms with Gasteiger partial charge in [-0.25, -0.2) is 13.2 Å². The van der Waals surface area contributed by atoms with E-state index in [0.717, 1.165) is 7.11 Å². The summed E-state index contributed by atoms with van der Waals surface area (Å²) in [5.74, 6) is -2.80. The van der Waals surface area contributed by atoms with Crippen molar-refractivity contribution >= 4 is 33.1 Å². The Morgan fingerprint density at radius 3 is 1.79 bits per heavy atom. The van der Waals surface area contributed by atoms with Crippen molar-refractivity contribution in [3.63, 3.8) is 0 Å². The zero-order valence-corrected chi connectivity index (χ0v) is 23.9. The minimum Gasteiger partial charge on any atom is -0.479 e. The Labute approximate surface area is 244 Å². The fourth-order valence-electron chi connectivity index (χ4n) is 4.73. The summed E-state index contributed by atoms with van der Waals surface area (Å²) in [6.45, 7) is -0.495. The Morgan fingerprint density at radius 1 is 0.767 bits per heavy atom. The molecule has 0 aliphatic carbocycles. The first-order valence-electron chi connectivity index (χ1n) is 12.3. The summed E-state index contributed by atoms with van der Waals surface area (Å²) in [5.41, 5.74) is 0. The molecule has 3 fully saturated rings. The summed E-state index contributed by atoms with van der Waals surface area (Å²) in [4.78, 5) is 23.3. The number of methoxy groups -OCH3 is 1. The van der Waals surface area contributed by atoms with E-state index in [2.05, 4.69) is 8.37 Å². The van der Waals surface area contributed by atoms with Crippen molar-refractivity contribution in [2.24, 2.45) is 5.92 Å². The van der Waals surface area contributed by atoms with Crippen LogP contribution in [0.15, 0.2) is 0 Å². The van der Waals surface area contributed by atoms with Crippen LogP contribution in [0.4, 0.5) is 0 Å². The molecule has 7 N–H and O–H groups in total. The highest BCUT2D eigenvalue weighted by atomic mass is 32.3. The number of aliphatic hydroxyl groups excluding tert-OH is 4. The Hall–Kier alpha value is -1.52. The number of rotatable bonds is 13. The van der Waals surface area contributed by atoms with Crippen molar-refractivity contribution in [1.29, 1.82) is 0 Å². The predicted molar refractivity (Wildman–Crippen MR) is 128 cm³/mol. The number of carbonyl (C=O) groups is 2. The highest BCUT2D eigenvalue weighted by Gasteiger charge is 2.55. The van der Waals surface area contributed by atoms with Gasteiger partial charge < -0.3 is 58.7 Å². The summed E-state index contributed by atoms with van der Waals surface area (Å²) >= 11 is 0. The van der Waals surface area contributed by atoms with E-state index in [1.54, 1.807) is 0 Å². The minimum atomic E-state index is -5.01. The van der Waals surface area contributed by atoms with Gasteiger partial charge in [0, 0.05) is 13.0 Å². The van der Waals surface area contributed by atoms with E-state index in [1.807, 2.05) is 0 Å². The van der Waals surface area contributed by atoms with Crippen molar-refractivity contribution in [3.05, 3.63) is 0 Å². The van der Waals surface area contributed by atoms with Gasteiger partial charge in [0.15, 0.2) is 25.0 Å². The third-order valence-electron chi connectivity index (χ3n) is 6.89. The molecule has 21 nitrogen and oxygen atoms in total. The summed E-state index contributed by atoms with van der Waals surface area (Å²) in [6, 6.07) is 0. The molecule has 3 aliphatic rings. The molecule has 0 bridgehead atoms. The highest BCUT2D eigenvalue weighted by molar-refractivity contribution is 7.81. The number of hydrogen-bond acceptors (Lipinski definition) is 18. The van der Waals surface area contributed by atoms with Gasteiger partial charge in [-0.3, -0.25) is 9.11 Å². The number of hydrogen-bond donors (Lipinski definition) is 7. The molecule has 14 atom stereocenters. The van der Waals surface area contributed by atoms with Gasteiger partial charge in [-0.15, -0.1) is 0 Å². The number of aliphatic carboxylic acids is 1. The van der Waals surface area contributed by atoms with Crippen LogP contribution in [-0.2, 0) is 67.2 Å². The molecule has 0 aromatic rings. The number of ether oxygens (including phenoxy) is 6. The fourth-order valence-corrected chi connectivity index (χ4v) is 5.34. The average Bonchev–Trinajstić information content (AvgIpc) is 3.21. The lowest BCUT2D eigenvalue weighted by atomic mass is 9.91. The number of carbonyl (C=O) groups excluding carboxylic acids is 1. The molecule has 43 heavy (non-hydrogen) atoms. The second kappa shape index (κ2) is 14.3. The molecular formula is C20H32O21S2. The van der Waals surface area contributed by atoms with Crippen molar-refractivity contribution in [2.75, 3.05) is 20.3 Å². The second-order valence-electron chi connectivity index (χ2n) is 9.73. The van der Waals surface area contributed by atoms with E-state index in [1.165, 1.54) is 6.92 Å². The molecule has 3 heterocycles. The van der Waals surface area contributed by atoms with Gasteiger partial charge in [0.2, 0.25) is 0 Å². The molecule has 0 saturated carbocycles. The van der Waals surface area contributed by atoms with Crippen LogP contribution in [0, 0.1) is 5.92 Å². The van der Waals surface area contributed by atoms with Crippen LogP contribution in [0.1, 0.15) is 6.92 Å². The quantitative estimate of drug-likeness (QED) is 0.0711. The zero-order valence-electron chi connectivity index (χ0n) is 22.2. The fraction of sp³-hybridized carbons (Fsp3) is 0.900. The first-order chi connectivity index (χ1) is 19.9. The largest absolute Gasteiger partial charge is 0.479 e. The maximum Gasteiger partial charge on any atom is 0.397 e. The van der Waals surface area contributed by atoms with Crippen molar-refractivity contribution in [3.8, 4) is 0 Å². The zero-order chi connectivity index (χ0) is 32.4. The molecule has 0 amide bonds. The number of carboxylic acid groups (broad SMARTS) is 1. The van der Waals surface area contributed by atoms with Crippen LogP contribution in [0.25, 0.3) is 0 Å². The van der Waals surface area contributed by atoms with E-state index >= 15 is 0 Å². The smallest absolute Gasteiger partial charge is 0.397 e. The lowest BCUT2D eigenvalue weighted by Gasteiger charge is -2.46. The van der Waals surface area contributed by atoms with Crippen LogP contribution in [0.5, 0.6) is 0 Å². The van der Waals surface area contributed by atoms with Gasteiger partial charge >= 0.3 is 26.8 Å². The minimum absolute atomic E-state index is 0.133. The summed E-state index contributed by atoms with van der Waals surface area (Å²) < 4.78 is 102. The molecule has 5 unspecified atom stereocenters. The second-order valence-corrected chi connectivity index (χ2v) is 11.9. The first-order valence-corrected chi connectivity index (χ1v) is 15.1. The van der Waals surface area contributed by atoms with Crippen molar-refractivity contribution in [1.82, 2.24) is 0 Å². The topological polar surface area (TPSA) is 318 Å². The molecule has 3 aliphatic heterocycles. The highest BCUT2D eigenvalue weighted by Crippen LogP contribution is 2.35.